The zero-order valence-corrected chi connectivity index (χ0v) is 30.7. The fraction of sp³-hybridized carbons (Fsp3) is 0.439. The number of aromatic hydroxyl groups is 1. The molecule has 0 radical (unpaired) electrons. The van der Waals surface area contributed by atoms with E-state index >= 15 is 0 Å². The Kier molecular flexibility index (Phi) is 10.6. The number of fused-ring (bicyclic) bond motifs is 1. The fourth-order valence-corrected chi connectivity index (χ4v) is 8.36. The van der Waals surface area contributed by atoms with Gasteiger partial charge in [0.15, 0.2) is 5.78 Å². The van der Waals surface area contributed by atoms with Crippen LogP contribution in [-0.4, -0.2) is 77.9 Å². The molecule has 0 unspecified atom stereocenters. The van der Waals surface area contributed by atoms with Crippen molar-refractivity contribution in [2.45, 2.75) is 71.1 Å². The van der Waals surface area contributed by atoms with Crippen molar-refractivity contribution in [3.05, 3.63) is 94.1 Å². The summed E-state index contributed by atoms with van der Waals surface area (Å²) < 4.78 is 11.6. The minimum absolute atomic E-state index is 0.0265. The molecule has 3 aromatic rings. The van der Waals surface area contributed by atoms with E-state index in [4.69, 9.17) is 21.1 Å². The number of amides is 2. The maximum absolute atomic E-state index is 14.6. The normalized spacial score (nSPS) is 20.8. The standard InChI is InChI=1S/C41H47ClN4O6/c1-41(2)24-32-38(35(48)25-41)40(30-12-11-29(23-31(30)42)52-26-27-7-4-3-5-8-27)46(33-9-6-10-34(47)39(33)43-32)37(50)14-13-36(49)45-17-15-28(16-18-45)44-19-21-51-22-20-44/h3-12,23,28,40,43,47H,13-22,24-26H2,1-2H3/t40-/m1/s1. The van der Waals surface area contributed by atoms with Gasteiger partial charge in [-0.3, -0.25) is 24.2 Å². The highest BCUT2D eigenvalue weighted by Gasteiger charge is 2.44. The third-order valence-electron chi connectivity index (χ3n) is 10.7. The molecule has 7 rings (SSSR count). The molecule has 1 aliphatic carbocycles. The summed E-state index contributed by atoms with van der Waals surface area (Å²) in [4.78, 5) is 48.3. The van der Waals surface area contributed by atoms with E-state index in [1.54, 1.807) is 35.2 Å². The largest absolute Gasteiger partial charge is 0.506 e. The first-order chi connectivity index (χ1) is 25.1. The van der Waals surface area contributed by atoms with E-state index in [1.807, 2.05) is 55.1 Å². The molecule has 2 amide bonds. The second-order valence-corrected chi connectivity index (χ2v) is 15.4. The summed E-state index contributed by atoms with van der Waals surface area (Å²) >= 11 is 7.07. The van der Waals surface area contributed by atoms with Gasteiger partial charge < -0.3 is 24.8 Å². The molecule has 0 saturated carbocycles. The number of anilines is 2. The molecule has 0 spiro atoms. The van der Waals surface area contributed by atoms with Crippen LogP contribution in [0.4, 0.5) is 11.4 Å². The van der Waals surface area contributed by atoms with Gasteiger partial charge in [-0.1, -0.05) is 67.9 Å². The lowest BCUT2D eigenvalue weighted by atomic mass is 9.73. The van der Waals surface area contributed by atoms with Crippen LogP contribution in [0.1, 0.15) is 69.5 Å². The fourth-order valence-electron chi connectivity index (χ4n) is 8.09. The van der Waals surface area contributed by atoms with Crippen molar-refractivity contribution in [2.75, 3.05) is 49.6 Å². The molecule has 2 fully saturated rings. The van der Waals surface area contributed by atoms with Crippen LogP contribution in [0.3, 0.4) is 0 Å². The topological polar surface area (TPSA) is 112 Å². The molecular weight excluding hydrogens is 680 g/mol. The number of Topliss-reactive ketones (excluding diaryl/α,β-unsaturated/α-hetero) is 1. The number of carbonyl (C=O) groups is 3. The summed E-state index contributed by atoms with van der Waals surface area (Å²) in [6.07, 6.45) is 2.54. The van der Waals surface area contributed by atoms with Crippen molar-refractivity contribution in [1.82, 2.24) is 9.80 Å². The Balaban J connectivity index is 1.18. The first kappa shape index (κ1) is 36.0. The lowest BCUT2D eigenvalue weighted by molar-refractivity contribution is -0.135. The quantitative estimate of drug-likeness (QED) is 0.242. The number of ether oxygens (including phenoxy) is 2. The second kappa shape index (κ2) is 15.3. The van der Waals surface area contributed by atoms with Gasteiger partial charge in [0.25, 0.3) is 0 Å². The minimum atomic E-state index is -0.906. The molecule has 0 aromatic heterocycles. The molecule has 0 bridgehead atoms. The van der Waals surface area contributed by atoms with Crippen LogP contribution in [0, 0.1) is 5.41 Å². The maximum Gasteiger partial charge on any atom is 0.228 e. The van der Waals surface area contributed by atoms with Crippen molar-refractivity contribution in [3.63, 3.8) is 0 Å². The zero-order chi connectivity index (χ0) is 36.4. The van der Waals surface area contributed by atoms with E-state index in [-0.39, 0.29) is 48.0 Å². The number of nitrogens with one attached hydrogen (secondary N) is 1. The van der Waals surface area contributed by atoms with Crippen LogP contribution in [-0.2, 0) is 25.7 Å². The summed E-state index contributed by atoms with van der Waals surface area (Å²) in [6, 6.07) is 19.6. The van der Waals surface area contributed by atoms with Gasteiger partial charge in [0.1, 0.15) is 23.8 Å². The summed E-state index contributed by atoms with van der Waals surface area (Å²) in [7, 11) is 0. The Morgan fingerprint density at radius 3 is 2.40 bits per heavy atom. The predicted octanol–water partition coefficient (Wildman–Crippen LogP) is 6.87. The molecule has 11 heteroatoms. The molecule has 1 atom stereocenters. The average Bonchev–Trinajstić information content (AvgIpc) is 3.28. The Labute approximate surface area is 310 Å². The van der Waals surface area contributed by atoms with E-state index in [0.29, 0.717) is 71.1 Å². The van der Waals surface area contributed by atoms with Crippen LogP contribution in [0.15, 0.2) is 78.0 Å². The van der Waals surface area contributed by atoms with Crippen molar-refractivity contribution >= 4 is 40.6 Å². The number of nitrogens with zero attached hydrogens (tertiary/aromatic N) is 3. The monoisotopic (exact) mass is 726 g/mol. The number of halogens is 1. The van der Waals surface area contributed by atoms with Gasteiger partial charge in [0.2, 0.25) is 11.8 Å². The number of allylic oxidation sites excluding steroid dienone is 1. The Morgan fingerprint density at radius 1 is 0.942 bits per heavy atom. The molecule has 3 aromatic carbocycles. The molecule has 52 heavy (non-hydrogen) atoms. The SMILES string of the molecule is CC1(C)CC(=O)C2=C(C1)Nc1c(O)cccc1N(C(=O)CCC(=O)N1CCC(N3CCOCC3)CC1)[C@@H]2c1ccc(OCc2ccccc2)cc1Cl. The van der Waals surface area contributed by atoms with Gasteiger partial charge in [-0.05, 0) is 60.1 Å². The summed E-state index contributed by atoms with van der Waals surface area (Å²) in [5.74, 6) is -0.0134. The van der Waals surface area contributed by atoms with Crippen LogP contribution < -0.4 is 15.0 Å². The van der Waals surface area contributed by atoms with Crippen molar-refractivity contribution in [1.29, 1.82) is 0 Å². The number of piperidine rings is 1. The number of phenols is 1. The zero-order valence-electron chi connectivity index (χ0n) is 29.9. The lowest BCUT2D eigenvalue weighted by Crippen LogP contribution is -2.50. The maximum atomic E-state index is 14.6. The highest BCUT2D eigenvalue weighted by Crippen LogP contribution is 2.51. The first-order valence-corrected chi connectivity index (χ1v) is 18.7. The number of hydrogen-bond donors (Lipinski definition) is 2. The molecule has 3 aliphatic heterocycles. The Bertz CT molecular complexity index is 1850. The number of hydrogen-bond acceptors (Lipinski definition) is 8. The van der Waals surface area contributed by atoms with Gasteiger partial charge in [-0.25, -0.2) is 0 Å². The third kappa shape index (κ3) is 7.70. The molecule has 2 saturated heterocycles. The number of phenolic OH excluding ortho intramolecular Hbond substituents is 1. The summed E-state index contributed by atoms with van der Waals surface area (Å²) in [6.45, 7) is 9.04. The van der Waals surface area contributed by atoms with Crippen LogP contribution in [0.25, 0.3) is 0 Å². The first-order valence-electron chi connectivity index (χ1n) is 18.3. The minimum Gasteiger partial charge on any atom is -0.506 e. The van der Waals surface area contributed by atoms with E-state index in [2.05, 4.69) is 10.2 Å². The number of para-hydroxylation sites is 1. The number of morpholine rings is 1. The number of benzene rings is 3. The molecule has 274 valence electrons. The van der Waals surface area contributed by atoms with Crippen molar-refractivity contribution < 1.29 is 29.0 Å². The molecule has 3 heterocycles. The number of likely N-dealkylation sites (tertiary alicyclic amines) is 1. The highest BCUT2D eigenvalue weighted by molar-refractivity contribution is 6.31. The average molecular weight is 727 g/mol. The molecule has 10 nitrogen and oxygen atoms in total. The number of rotatable bonds is 8. The third-order valence-corrected chi connectivity index (χ3v) is 11.1. The summed E-state index contributed by atoms with van der Waals surface area (Å²) in [5.41, 5.74) is 3.03. The van der Waals surface area contributed by atoms with Crippen LogP contribution in [0.5, 0.6) is 11.5 Å². The van der Waals surface area contributed by atoms with Gasteiger partial charge >= 0.3 is 0 Å². The van der Waals surface area contributed by atoms with Gasteiger partial charge in [-0.2, -0.15) is 0 Å². The summed E-state index contributed by atoms with van der Waals surface area (Å²) in [5, 5.41) is 14.9. The predicted molar refractivity (Wildman–Crippen MR) is 200 cm³/mol. The Hall–Kier alpha value is -4.38. The molecule has 2 N–H and O–H groups in total. The van der Waals surface area contributed by atoms with Gasteiger partial charge in [0, 0.05) is 67.8 Å². The van der Waals surface area contributed by atoms with E-state index < -0.39 is 6.04 Å². The molecule has 4 aliphatic rings. The van der Waals surface area contributed by atoms with Crippen molar-refractivity contribution in [2.24, 2.45) is 5.41 Å². The molecular formula is C41H47ClN4O6. The number of carbonyl (C=O) groups excluding carboxylic acids is 3. The van der Waals surface area contributed by atoms with Gasteiger partial charge in [0.05, 0.1) is 24.9 Å². The lowest BCUT2D eigenvalue weighted by Gasteiger charge is -2.40. The second-order valence-electron chi connectivity index (χ2n) is 15.0. The van der Waals surface area contributed by atoms with Crippen LogP contribution >= 0.6 is 11.6 Å². The number of ketones is 1. The van der Waals surface area contributed by atoms with Gasteiger partial charge in [-0.15, -0.1) is 0 Å². The van der Waals surface area contributed by atoms with E-state index in [1.165, 1.54) is 0 Å². The van der Waals surface area contributed by atoms with E-state index in [0.717, 1.165) is 44.7 Å². The Morgan fingerprint density at radius 2 is 1.67 bits per heavy atom. The van der Waals surface area contributed by atoms with Crippen LogP contribution in [0.2, 0.25) is 5.02 Å². The smallest absolute Gasteiger partial charge is 0.228 e. The highest BCUT2D eigenvalue weighted by atomic mass is 35.5. The van der Waals surface area contributed by atoms with E-state index in [9.17, 15) is 19.5 Å². The van der Waals surface area contributed by atoms with Crippen molar-refractivity contribution in [3.8, 4) is 11.5 Å².